The Hall–Kier alpha value is -1.62. The summed E-state index contributed by atoms with van der Waals surface area (Å²) < 4.78 is 0. The van der Waals surface area contributed by atoms with Crippen molar-refractivity contribution in [3.05, 3.63) is 23.5 Å². The normalized spacial score (nSPS) is 10.3. The van der Waals surface area contributed by atoms with E-state index < -0.39 is 0 Å². The summed E-state index contributed by atoms with van der Waals surface area (Å²) in [5.74, 6) is -0.190. The molecular formula is C10H15N3O2. The maximum absolute atomic E-state index is 11.5. The highest BCUT2D eigenvalue weighted by atomic mass is 16.2. The van der Waals surface area contributed by atoms with Gasteiger partial charge in [-0.2, -0.15) is 0 Å². The van der Waals surface area contributed by atoms with Gasteiger partial charge in [0.25, 0.3) is 5.91 Å². The molecule has 0 aromatic carbocycles. The van der Waals surface area contributed by atoms with Gasteiger partial charge < -0.3 is 15.2 Å². The first-order valence-corrected chi connectivity index (χ1v) is 4.70. The number of aldehydes is 1. The standard InChI is InChI=1S/C10H15N3O2/c1-13(2)6-5-11-10(15)9-4-3-8(7-14)12-9/h3-4,7,12H,5-6H2,1-2H3,(H,11,15). The highest BCUT2D eigenvalue weighted by Gasteiger charge is 2.06. The summed E-state index contributed by atoms with van der Waals surface area (Å²) in [7, 11) is 3.87. The molecule has 0 aliphatic rings. The Labute approximate surface area is 88.5 Å². The zero-order chi connectivity index (χ0) is 11.3. The lowest BCUT2D eigenvalue weighted by molar-refractivity contribution is 0.0946. The zero-order valence-corrected chi connectivity index (χ0v) is 8.91. The van der Waals surface area contributed by atoms with Crippen LogP contribution in [-0.4, -0.2) is 49.3 Å². The predicted molar refractivity (Wildman–Crippen MR) is 57.1 cm³/mol. The van der Waals surface area contributed by atoms with E-state index in [2.05, 4.69) is 10.3 Å². The van der Waals surface area contributed by atoms with Crippen LogP contribution in [0.15, 0.2) is 12.1 Å². The molecule has 0 spiro atoms. The van der Waals surface area contributed by atoms with E-state index in [1.54, 1.807) is 12.1 Å². The van der Waals surface area contributed by atoms with Crippen LogP contribution >= 0.6 is 0 Å². The van der Waals surface area contributed by atoms with E-state index in [0.717, 1.165) is 6.54 Å². The van der Waals surface area contributed by atoms with Gasteiger partial charge in [-0.25, -0.2) is 0 Å². The second kappa shape index (κ2) is 5.31. The number of hydrogen-bond acceptors (Lipinski definition) is 3. The topological polar surface area (TPSA) is 65.2 Å². The number of likely N-dealkylation sites (N-methyl/N-ethyl adjacent to an activating group) is 1. The highest BCUT2D eigenvalue weighted by Crippen LogP contribution is 1.98. The monoisotopic (exact) mass is 209 g/mol. The van der Waals surface area contributed by atoms with Crippen LogP contribution < -0.4 is 5.32 Å². The van der Waals surface area contributed by atoms with Crippen molar-refractivity contribution in [2.75, 3.05) is 27.2 Å². The third kappa shape index (κ3) is 3.55. The van der Waals surface area contributed by atoms with Crippen LogP contribution in [0.2, 0.25) is 0 Å². The Morgan fingerprint density at radius 3 is 2.80 bits per heavy atom. The van der Waals surface area contributed by atoms with Crippen molar-refractivity contribution in [3.63, 3.8) is 0 Å². The van der Waals surface area contributed by atoms with Gasteiger partial charge in [-0.05, 0) is 26.2 Å². The lowest BCUT2D eigenvalue weighted by Gasteiger charge is -2.09. The summed E-state index contributed by atoms with van der Waals surface area (Å²) in [6.07, 6.45) is 0.677. The van der Waals surface area contributed by atoms with E-state index in [-0.39, 0.29) is 5.91 Å². The Bertz CT molecular complexity index is 344. The molecule has 0 aliphatic carbocycles. The quantitative estimate of drug-likeness (QED) is 0.677. The average Bonchev–Trinajstić information content (AvgIpc) is 2.65. The maximum Gasteiger partial charge on any atom is 0.267 e. The molecule has 0 radical (unpaired) electrons. The molecule has 1 aromatic rings. The molecule has 0 bridgehead atoms. The second-order valence-corrected chi connectivity index (χ2v) is 3.50. The van der Waals surface area contributed by atoms with Gasteiger partial charge >= 0.3 is 0 Å². The molecule has 15 heavy (non-hydrogen) atoms. The van der Waals surface area contributed by atoms with E-state index >= 15 is 0 Å². The minimum Gasteiger partial charge on any atom is -0.349 e. The van der Waals surface area contributed by atoms with Crippen molar-refractivity contribution in [1.82, 2.24) is 15.2 Å². The molecule has 0 fully saturated rings. The first-order valence-electron chi connectivity index (χ1n) is 4.70. The fraction of sp³-hybridized carbons (Fsp3) is 0.400. The van der Waals surface area contributed by atoms with E-state index in [4.69, 9.17) is 0 Å². The number of carbonyl (C=O) groups excluding carboxylic acids is 2. The van der Waals surface area contributed by atoms with Gasteiger partial charge in [-0.1, -0.05) is 0 Å². The largest absolute Gasteiger partial charge is 0.349 e. The fourth-order valence-electron chi connectivity index (χ4n) is 1.10. The number of aromatic nitrogens is 1. The second-order valence-electron chi connectivity index (χ2n) is 3.50. The van der Waals surface area contributed by atoms with Gasteiger partial charge in [0.1, 0.15) is 5.69 Å². The van der Waals surface area contributed by atoms with Crippen molar-refractivity contribution in [1.29, 1.82) is 0 Å². The lowest BCUT2D eigenvalue weighted by Crippen LogP contribution is -2.31. The molecule has 1 aromatic heterocycles. The van der Waals surface area contributed by atoms with Crippen molar-refractivity contribution < 1.29 is 9.59 Å². The van der Waals surface area contributed by atoms with Crippen LogP contribution in [0.25, 0.3) is 0 Å². The summed E-state index contributed by atoms with van der Waals surface area (Å²) in [6.45, 7) is 1.37. The SMILES string of the molecule is CN(C)CCNC(=O)c1ccc(C=O)[nH]1. The first-order chi connectivity index (χ1) is 7.13. The molecule has 2 N–H and O–H groups in total. The van der Waals surface area contributed by atoms with E-state index in [1.807, 2.05) is 19.0 Å². The minimum atomic E-state index is -0.190. The van der Waals surface area contributed by atoms with Crippen LogP contribution in [0.1, 0.15) is 21.0 Å². The molecular weight excluding hydrogens is 194 g/mol. The van der Waals surface area contributed by atoms with Crippen molar-refractivity contribution in [2.24, 2.45) is 0 Å². The molecule has 1 amide bonds. The Morgan fingerprint density at radius 1 is 1.53 bits per heavy atom. The summed E-state index contributed by atoms with van der Waals surface area (Å²) in [6, 6.07) is 3.17. The summed E-state index contributed by atoms with van der Waals surface area (Å²) in [4.78, 5) is 26.5. The lowest BCUT2D eigenvalue weighted by atomic mass is 10.4. The molecule has 82 valence electrons. The van der Waals surface area contributed by atoms with Crippen molar-refractivity contribution in [2.45, 2.75) is 0 Å². The van der Waals surface area contributed by atoms with Crippen LogP contribution in [-0.2, 0) is 0 Å². The van der Waals surface area contributed by atoms with Gasteiger partial charge in [0.15, 0.2) is 6.29 Å². The van der Waals surface area contributed by atoms with Gasteiger partial charge in [-0.3, -0.25) is 9.59 Å². The van der Waals surface area contributed by atoms with Crippen LogP contribution in [0, 0.1) is 0 Å². The predicted octanol–water partition coefficient (Wildman–Crippen LogP) is 0.119. The highest BCUT2D eigenvalue weighted by molar-refractivity contribution is 5.93. The average molecular weight is 209 g/mol. The van der Waals surface area contributed by atoms with Crippen LogP contribution in [0.3, 0.4) is 0 Å². The number of hydrogen-bond donors (Lipinski definition) is 2. The fourth-order valence-corrected chi connectivity index (χ4v) is 1.10. The summed E-state index contributed by atoms with van der Waals surface area (Å²) in [5, 5.41) is 2.74. The zero-order valence-electron chi connectivity index (χ0n) is 8.91. The van der Waals surface area contributed by atoms with Crippen molar-refractivity contribution >= 4 is 12.2 Å². The Balaban J connectivity index is 2.43. The summed E-state index contributed by atoms with van der Waals surface area (Å²) >= 11 is 0. The molecule has 0 saturated carbocycles. The van der Waals surface area contributed by atoms with E-state index in [9.17, 15) is 9.59 Å². The molecule has 0 atom stereocenters. The number of H-pyrrole nitrogens is 1. The number of aromatic amines is 1. The van der Waals surface area contributed by atoms with E-state index in [0.29, 0.717) is 24.2 Å². The van der Waals surface area contributed by atoms with Gasteiger partial charge in [0, 0.05) is 13.1 Å². The summed E-state index contributed by atoms with van der Waals surface area (Å²) in [5.41, 5.74) is 0.823. The Kier molecular flexibility index (Phi) is 4.05. The van der Waals surface area contributed by atoms with E-state index in [1.165, 1.54) is 0 Å². The molecule has 1 heterocycles. The molecule has 5 heteroatoms. The van der Waals surface area contributed by atoms with Gasteiger partial charge in [0.05, 0.1) is 5.69 Å². The maximum atomic E-state index is 11.5. The number of nitrogens with one attached hydrogen (secondary N) is 2. The van der Waals surface area contributed by atoms with Crippen LogP contribution in [0.5, 0.6) is 0 Å². The number of rotatable bonds is 5. The third-order valence-corrected chi connectivity index (χ3v) is 1.92. The number of nitrogens with zero attached hydrogens (tertiary/aromatic N) is 1. The number of carbonyl (C=O) groups is 2. The molecule has 1 rings (SSSR count). The Morgan fingerprint density at radius 2 is 2.27 bits per heavy atom. The van der Waals surface area contributed by atoms with Crippen molar-refractivity contribution in [3.8, 4) is 0 Å². The first kappa shape index (κ1) is 11.5. The molecule has 0 unspecified atom stereocenters. The van der Waals surface area contributed by atoms with Gasteiger partial charge in [0.2, 0.25) is 0 Å². The van der Waals surface area contributed by atoms with Gasteiger partial charge in [-0.15, -0.1) is 0 Å². The van der Waals surface area contributed by atoms with Crippen LogP contribution in [0.4, 0.5) is 0 Å². The molecule has 0 aliphatic heterocycles. The number of amides is 1. The molecule has 5 nitrogen and oxygen atoms in total. The molecule has 0 saturated heterocycles. The smallest absolute Gasteiger partial charge is 0.267 e. The minimum absolute atomic E-state index is 0.190. The third-order valence-electron chi connectivity index (χ3n) is 1.92.